The Bertz CT molecular complexity index is 578. The highest BCUT2D eigenvalue weighted by Gasteiger charge is 2.15. The van der Waals surface area contributed by atoms with Crippen molar-refractivity contribution in [3.63, 3.8) is 0 Å². The molecule has 0 radical (unpaired) electrons. The fourth-order valence-corrected chi connectivity index (χ4v) is 2.84. The van der Waals surface area contributed by atoms with Gasteiger partial charge in [0.25, 0.3) is 0 Å². The van der Waals surface area contributed by atoms with Crippen LogP contribution in [-0.4, -0.2) is 14.5 Å². The van der Waals surface area contributed by atoms with E-state index < -0.39 is 0 Å². The average Bonchev–Trinajstić information content (AvgIpc) is 2.72. The average molecular weight is 359 g/mol. The second kappa shape index (κ2) is 6.90. The van der Waals surface area contributed by atoms with E-state index in [9.17, 15) is 0 Å². The van der Waals surface area contributed by atoms with Crippen LogP contribution < -0.4 is 0 Å². The van der Waals surface area contributed by atoms with Gasteiger partial charge in [-0.3, -0.25) is 0 Å². The van der Waals surface area contributed by atoms with Gasteiger partial charge in [-0.05, 0) is 41.3 Å². The van der Waals surface area contributed by atoms with Crippen molar-refractivity contribution in [3.05, 3.63) is 22.6 Å². The third kappa shape index (κ3) is 3.73. The number of pyridine rings is 1. The van der Waals surface area contributed by atoms with Crippen LogP contribution in [0.1, 0.15) is 51.2 Å². The molecule has 0 N–H and O–H groups in total. The Morgan fingerprint density at radius 1 is 1.30 bits per heavy atom. The van der Waals surface area contributed by atoms with E-state index in [-0.39, 0.29) is 5.38 Å². The summed E-state index contributed by atoms with van der Waals surface area (Å²) < 4.78 is 3.11. The summed E-state index contributed by atoms with van der Waals surface area (Å²) >= 11 is 9.70. The molecule has 5 heteroatoms. The molecule has 0 amide bonds. The predicted octanol–water partition coefficient (Wildman–Crippen LogP) is 5.32. The lowest BCUT2D eigenvalue weighted by atomic mass is 10.1. The van der Waals surface area contributed by atoms with Crippen LogP contribution in [0.4, 0.5) is 0 Å². The zero-order valence-corrected chi connectivity index (χ0v) is 14.6. The highest BCUT2D eigenvalue weighted by atomic mass is 79.9. The largest absolute Gasteiger partial charge is 0.311 e. The zero-order chi connectivity index (χ0) is 14.7. The third-order valence-corrected chi connectivity index (χ3v) is 3.98. The van der Waals surface area contributed by atoms with Gasteiger partial charge in [0.2, 0.25) is 0 Å². The number of hydrogen-bond acceptors (Lipinski definition) is 2. The van der Waals surface area contributed by atoms with E-state index >= 15 is 0 Å². The molecule has 0 spiro atoms. The monoisotopic (exact) mass is 357 g/mol. The van der Waals surface area contributed by atoms with Gasteiger partial charge in [0.15, 0.2) is 5.65 Å². The summed E-state index contributed by atoms with van der Waals surface area (Å²) in [4.78, 5) is 9.12. The Balaban J connectivity index is 2.22. The Labute approximate surface area is 133 Å². The molecular formula is C15H21BrClN3. The summed E-state index contributed by atoms with van der Waals surface area (Å²) in [5.41, 5.74) is 1.84. The number of fused-ring (bicyclic) bond motifs is 1. The summed E-state index contributed by atoms with van der Waals surface area (Å²) in [6.07, 6.45) is 5.44. The molecule has 0 fully saturated rings. The van der Waals surface area contributed by atoms with Gasteiger partial charge < -0.3 is 4.57 Å². The molecule has 0 aliphatic rings. The van der Waals surface area contributed by atoms with Crippen molar-refractivity contribution in [1.29, 1.82) is 0 Å². The quantitative estimate of drug-likeness (QED) is 0.517. The standard InChI is InChI=1S/C15H21BrClN3/c1-10(2)6-4-5-7-20-14(11(3)17)19-13-8-12(16)9-18-15(13)20/h8-11H,4-7H2,1-3H3. The van der Waals surface area contributed by atoms with E-state index in [1.165, 1.54) is 12.8 Å². The van der Waals surface area contributed by atoms with Crippen molar-refractivity contribution < 1.29 is 0 Å². The molecule has 3 nitrogen and oxygen atoms in total. The topological polar surface area (TPSA) is 30.7 Å². The fourth-order valence-electron chi connectivity index (χ4n) is 2.35. The number of halogens is 2. The van der Waals surface area contributed by atoms with Gasteiger partial charge in [-0.1, -0.05) is 26.7 Å². The normalized spacial score (nSPS) is 13.3. The number of aryl methyl sites for hydroxylation is 1. The number of hydrogen-bond donors (Lipinski definition) is 0. The van der Waals surface area contributed by atoms with Crippen molar-refractivity contribution in [1.82, 2.24) is 14.5 Å². The molecule has 2 rings (SSSR count). The summed E-state index contributed by atoms with van der Waals surface area (Å²) in [6, 6.07) is 2.00. The van der Waals surface area contributed by atoms with Crippen LogP contribution in [0.2, 0.25) is 0 Å². The van der Waals surface area contributed by atoms with Gasteiger partial charge in [-0.25, -0.2) is 9.97 Å². The molecule has 2 aromatic heterocycles. The molecule has 0 aliphatic carbocycles. The lowest BCUT2D eigenvalue weighted by molar-refractivity contribution is 0.506. The third-order valence-electron chi connectivity index (χ3n) is 3.35. The van der Waals surface area contributed by atoms with Gasteiger partial charge >= 0.3 is 0 Å². The molecule has 110 valence electrons. The van der Waals surface area contributed by atoms with E-state index in [1.807, 2.05) is 19.2 Å². The van der Waals surface area contributed by atoms with Crippen LogP contribution in [0, 0.1) is 5.92 Å². The molecule has 0 aromatic carbocycles. The van der Waals surface area contributed by atoms with Crippen molar-refractivity contribution in [2.45, 2.75) is 52.0 Å². The lowest BCUT2D eigenvalue weighted by Gasteiger charge is -2.10. The summed E-state index contributed by atoms with van der Waals surface area (Å²) in [6.45, 7) is 7.42. The Kier molecular flexibility index (Phi) is 5.44. The molecular weight excluding hydrogens is 338 g/mol. The molecule has 2 heterocycles. The number of aromatic nitrogens is 3. The van der Waals surface area contributed by atoms with Crippen LogP contribution in [0.3, 0.4) is 0 Å². The second-order valence-electron chi connectivity index (χ2n) is 5.62. The molecule has 20 heavy (non-hydrogen) atoms. The minimum Gasteiger partial charge on any atom is -0.311 e. The first kappa shape index (κ1) is 15.8. The van der Waals surface area contributed by atoms with E-state index in [0.717, 1.165) is 40.3 Å². The molecule has 0 bridgehead atoms. The molecule has 0 saturated heterocycles. The van der Waals surface area contributed by atoms with Crippen molar-refractivity contribution in [3.8, 4) is 0 Å². The maximum atomic E-state index is 6.26. The minimum absolute atomic E-state index is 0.104. The number of unbranched alkanes of at least 4 members (excludes halogenated alkanes) is 1. The van der Waals surface area contributed by atoms with Crippen LogP contribution >= 0.6 is 27.5 Å². The number of rotatable bonds is 6. The number of imidazole rings is 1. The Hall–Kier alpha value is -0.610. The first-order valence-electron chi connectivity index (χ1n) is 7.14. The number of nitrogens with zero attached hydrogens (tertiary/aromatic N) is 3. The zero-order valence-electron chi connectivity index (χ0n) is 12.2. The van der Waals surface area contributed by atoms with Gasteiger partial charge in [-0.15, -0.1) is 11.6 Å². The highest BCUT2D eigenvalue weighted by Crippen LogP contribution is 2.25. The van der Waals surface area contributed by atoms with E-state index in [2.05, 4.69) is 44.3 Å². The van der Waals surface area contributed by atoms with Crippen LogP contribution in [-0.2, 0) is 6.54 Å². The fraction of sp³-hybridized carbons (Fsp3) is 0.600. The van der Waals surface area contributed by atoms with Crippen molar-refractivity contribution >= 4 is 38.7 Å². The van der Waals surface area contributed by atoms with Crippen LogP contribution in [0.25, 0.3) is 11.2 Å². The van der Waals surface area contributed by atoms with Gasteiger partial charge in [0.1, 0.15) is 11.3 Å². The maximum Gasteiger partial charge on any atom is 0.160 e. The second-order valence-corrected chi connectivity index (χ2v) is 7.19. The van der Waals surface area contributed by atoms with Gasteiger partial charge in [-0.2, -0.15) is 0 Å². The summed E-state index contributed by atoms with van der Waals surface area (Å²) in [5, 5.41) is -0.104. The van der Waals surface area contributed by atoms with E-state index in [1.54, 1.807) is 0 Å². The molecule has 2 aromatic rings. The molecule has 1 atom stereocenters. The first-order valence-corrected chi connectivity index (χ1v) is 8.37. The van der Waals surface area contributed by atoms with E-state index in [4.69, 9.17) is 11.6 Å². The van der Waals surface area contributed by atoms with Crippen LogP contribution in [0.15, 0.2) is 16.7 Å². The predicted molar refractivity (Wildman–Crippen MR) is 88.2 cm³/mol. The molecule has 0 saturated carbocycles. The summed E-state index contributed by atoms with van der Waals surface area (Å²) in [5.74, 6) is 1.67. The molecule has 0 aliphatic heterocycles. The SMILES string of the molecule is CC(C)CCCCn1c(C(C)Cl)nc2cc(Br)cnc21. The smallest absolute Gasteiger partial charge is 0.160 e. The van der Waals surface area contributed by atoms with Crippen molar-refractivity contribution in [2.75, 3.05) is 0 Å². The highest BCUT2D eigenvalue weighted by molar-refractivity contribution is 9.10. The Morgan fingerprint density at radius 3 is 2.70 bits per heavy atom. The molecule has 1 unspecified atom stereocenters. The Morgan fingerprint density at radius 2 is 2.05 bits per heavy atom. The van der Waals surface area contributed by atoms with Gasteiger partial charge in [0, 0.05) is 17.2 Å². The minimum atomic E-state index is -0.104. The number of alkyl halides is 1. The van der Waals surface area contributed by atoms with Crippen LogP contribution in [0.5, 0.6) is 0 Å². The van der Waals surface area contributed by atoms with E-state index in [0.29, 0.717) is 0 Å². The summed E-state index contributed by atoms with van der Waals surface area (Å²) in [7, 11) is 0. The lowest BCUT2D eigenvalue weighted by Crippen LogP contribution is -2.06. The maximum absolute atomic E-state index is 6.26. The van der Waals surface area contributed by atoms with Gasteiger partial charge in [0.05, 0.1) is 5.38 Å². The first-order chi connectivity index (χ1) is 9.49. The van der Waals surface area contributed by atoms with Crippen molar-refractivity contribution in [2.24, 2.45) is 5.92 Å².